The van der Waals surface area contributed by atoms with Crippen molar-refractivity contribution >= 4 is 11.8 Å². The van der Waals surface area contributed by atoms with Crippen LogP contribution in [0.3, 0.4) is 0 Å². The molecule has 0 atom stereocenters. The van der Waals surface area contributed by atoms with E-state index in [1.165, 1.54) is 12.1 Å². The Morgan fingerprint density at radius 2 is 2.10 bits per heavy atom. The van der Waals surface area contributed by atoms with Gasteiger partial charge in [-0.1, -0.05) is 0 Å². The Bertz CT molecular complexity index is 574. The van der Waals surface area contributed by atoms with Gasteiger partial charge in [-0.05, 0) is 18.2 Å². The third-order valence-corrected chi connectivity index (χ3v) is 2.93. The van der Waals surface area contributed by atoms with Crippen LogP contribution in [0.1, 0.15) is 11.1 Å². The third kappa shape index (κ3) is 2.77. The molecule has 0 radical (unpaired) electrons. The average molecular weight is 285 g/mol. The Morgan fingerprint density at radius 3 is 2.60 bits per heavy atom. The lowest BCUT2D eigenvalue weighted by Gasteiger charge is -2.40. The summed E-state index contributed by atoms with van der Waals surface area (Å²) in [5.41, 5.74) is 3.76. The van der Waals surface area contributed by atoms with Crippen molar-refractivity contribution in [3.8, 4) is 6.07 Å². The quantitative estimate of drug-likeness (QED) is 0.899. The average Bonchev–Trinajstić information content (AvgIpc) is 2.31. The van der Waals surface area contributed by atoms with Gasteiger partial charge in [0, 0.05) is 5.69 Å². The lowest BCUT2D eigenvalue weighted by Crippen LogP contribution is -2.53. The standard InChI is InChI=1S/C12H10F3N3O2/c13-12(14,15)10-3-8(2-1-7(10)4-16)18-5-9(6-18)20-11(17)19/h1-3,9H,5-6H2,(H2,17,19). The van der Waals surface area contributed by atoms with Crippen LogP contribution in [0.5, 0.6) is 0 Å². The molecule has 5 nitrogen and oxygen atoms in total. The van der Waals surface area contributed by atoms with Gasteiger partial charge in [-0.3, -0.25) is 0 Å². The number of nitriles is 1. The van der Waals surface area contributed by atoms with E-state index in [0.717, 1.165) is 12.1 Å². The third-order valence-electron chi connectivity index (χ3n) is 2.93. The van der Waals surface area contributed by atoms with Crippen LogP contribution >= 0.6 is 0 Å². The number of hydrogen-bond acceptors (Lipinski definition) is 4. The first-order valence-corrected chi connectivity index (χ1v) is 5.63. The van der Waals surface area contributed by atoms with Crippen molar-refractivity contribution in [2.75, 3.05) is 18.0 Å². The number of carbonyl (C=O) groups excluding carboxylic acids is 1. The number of halogens is 3. The van der Waals surface area contributed by atoms with Gasteiger partial charge in [-0.25, -0.2) is 4.79 Å². The van der Waals surface area contributed by atoms with E-state index in [0.29, 0.717) is 5.69 Å². The molecule has 1 saturated heterocycles. The molecule has 20 heavy (non-hydrogen) atoms. The van der Waals surface area contributed by atoms with Gasteiger partial charge in [-0.2, -0.15) is 18.4 Å². The Hall–Kier alpha value is -2.43. The molecule has 8 heteroatoms. The Labute approximate surface area is 112 Å². The molecule has 1 aliphatic heterocycles. The molecular weight excluding hydrogens is 275 g/mol. The Morgan fingerprint density at radius 1 is 1.45 bits per heavy atom. The predicted molar refractivity (Wildman–Crippen MR) is 62.8 cm³/mol. The minimum atomic E-state index is -4.59. The molecule has 106 valence electrons. The number of hydrogen-bond donors (Lipinski definition) is 1. The molecule has 2 rings (SSSR count). The number of alkyl halides is 3. The van der Waals surface area contributed by atoms with Gasteiger partial charge >= 0.3 is 12.3 Å². The van der Waals surface area contributed by atoms with E-state index in [-0.39, 0.29) is 13.1 Å². The molecule has 1 aliphatic rings. The van der Waals surface area contributed by atoms with Crippen molar-refractivity contribution in [1.82, 2.24) is 0 Å². The van der Waals surface area contributed by atoms with E-state index in [1.807, 2.05) is 0 Å². The number of anilines is 1. The van der Waals surface area contributed by atoms with Crippen LogP contribution in [0.2, 0.25) is 0 Å². The van der Waals surface area contributed by atoms with Crippen LogP contribution in [0.15, 0.2) is 18.2 Å². The lowest BCUT2D eigenvalue weighted by atomic mass is 10.0. The zero-order valence-corrected chi connectivity index (χ0v) is 10.1. The van der Waals surface area contributed by atoms with Crippen molar-refractivity contribution < 1.29 is 22.7 Å². The van der Waals surface area contributed by atoms with Crippen LogP contribution in [-0.2, 0) is 10.9 Å². The number of ether oxygens (including phenoxy) is 1. The van der Waals surface area contributed by atoms with E-state index in [9.17, 15) is 18.0 Å². The van der Waals surface area contributed by atoms with Crippen molar-refractivity contribution in [2.45, 2.75) is 12.3 Å². The van der Waals surface area contributed by atoms with E-state index in [4.69, 9.17) is 15.7 Å². The normalized spacial score (nSPS) is 15.4. The summed E-state index contributed by atoms with van der Waals surface area (Å²) in [4.78, 5) is 12.1. The van der Waals surface area contributed by atoms with Crippen molar-refractivity contribution in [1.29, 1.82) is 5.26 Å². The van der Waals surface area contributed by atoms with Gasteiger partial charge in [0.05, 0.1) is 30.3 Å². The molecule has 1 amide bonds. The number of benzene rings is 1. The summed E-state index contributed by atoms with van der Waals surface area (Å²) in [5.74, 6) is 0. The number of amides is 1. The van der Waals surface area contributed by atoms with Gasteiger partial charge in [-0.15, -0.1) is 0 Å². The van der Waals surface area contributed by atoms with Gasteiger partial charge < -0.3 is 15.4 Å². The smallest absolute Gasteiger partial charge is 0.417 e. The second-order valence-corrected chi connectivity index (χ2v) is 4.30. The van der Waals surface area contributed by atoms with Gasteiger partial charge in [0.2, 0.25) is 0 Å². The molecule has 0 saturated carbocycles. The van der Waals surface area contributed by atoms with Gasteiger partial charge in [0.1, 0.15) is 6.10 Å². The lowest BCUT2D eigenvalue weighted by molar-refractivity contribution is -0.137. The molecule has 2 N–H and O–H groups in total. The molecular formula is C12H10F3N3O2. The highest BCUT2D eigenvalue weighted by atomic mass is 19.4. The molecule has 1 aromatic carbocycles. The summed E-state index contributed by atoms with van der Waals surface area (Å²) >= 11 is 0. The summed E-state index contributed by atoms with van der Waals surface area (Å²) in [6, 6.07) is 4.98. The maximum Gasteiger partial charge on any atom is 0.417 e. The summed E-state index contributed by atoms with van der Waals surface area (Å²) in [7, 11) is 0. The second-order valence-electron chi connectivity index (χ2n) is 4.30. The maximum atomic E-state index is 12.8. The van der Waals surface area contributed by atoms with Crippen molar-refractivity contribution in [2.24, 2.45) is 5.73 Å². The first-order chi connectivity index (χ1) is 9.31. The molecule has 0 unspecified atom stereocenters. The number of rotatable bonds is 2. The molecule has 1 heterocycles. The molecule has 1 aromatic rings. The summed E-state index contributed by atoms with van der Waals surface area (Å²) in [5, 5.41) is 8.69. The summed E-state index contributed by atoms with van der Waals surface area (Å²) in [6.45, 7) is 0.540. The minimum Gasteiger partial charge on any atom is -0.443 e. The van der Waals surface area contributed by atoms with Gasteiger partial charge in [0.25, 0.3) is 0 Å². The fourth-order valence-electron chi connectivity index (χ4n) is 1.95. The first-order valence-electron chi connectivity index (χ1n) is 5.63. The number of carbonyl (C=O) groups is 1. The largest absolute Gasteiger partial charge is 0.443 e. The van der Waals surface area contributed by atoms with E-state index >= 15 is 0 Å². The zero-order chi connectivity index (χ0) is 14.9. The molecule has 0 spiro atoms. The molecule has 0 bridgehead atoms. The van der Waals surface area contributed by atoms with Crippen molar-refractivity contribution in [3.63, 3.8) is 0 Å². The van der Waals surface area contributed by atoms with E-state index < -0.39 is 29.5 Å². The fourth-order valence-corrected chi connectivity index (χ4v) is 1.95. The highest BCUT2D eigenvalue weighted by molar-refractivity contribution is 5.65. The first kappa shape index (κ1) is 14.0. The predicted octanol–water partition coefficient (Wildman–Crippen LogP) is 1.86. The van der Waals surface area contributed by atoms with Crippen LogP contribution in [-0.4, -0.2) is 25.3 Å². The fraction of sp³-hybridized carbons (Fsp3) is 0.333. The summed E-state index contributed by atoms with van der Waals surface area (Å²) < 4.78 is 43.1. The molecule has 0 aromatic heterocycles. The second kappa shape index (κ2) is 4.92. The number of nitrogens with zero attached hydrogens (tertiary/aromatic N) is 2. The van der Waals surface area contributed by atoms with Crippen molar-refractivity contribution in [3.05, 3.63) is 29.3 Å². The Kier molecular flexibility index (Phi) is 3.44. The molecule has 1 fully saturated rings. The number of nitrogens with two attached hydrogens (primary N) is 1. The topological polar surface area (TPSA) is 79.3 Å². The van der Waals surface area contributed by atoms with Crippen LogP contribution in [0.4, 0.5) is 23.7 Å². The zero-order valence-electron chi connectivity index (χ0n) is 10.1. The summed E-state index contributed by atoms with van der Waals surface area (Å²) in [6.07, 6.45) is -5.92. The molecule has 0 aliphatic carbocycles. The van der Waals surface area contributed by atoms with Crippen LogP contribution < -0.4 is 10.6 Å². The SMILES string of the molecule is N#Cc1ccc(N2CC(OC(N)=O)C2)cc1C(F)(F)F. The maximum absolute atomic E-state index is 12.8. The van der Waals surface area contributed by atoms with Crippen LogP contribution in [0.25, 0.3) is 0 Å². The highest BCUT2D eigenvalue weighted by Crippen LogP contribution is 2.35. The van der Waals surface area contributed by atoms with E-state index in [1.54, 1.807) is 4.90 Å². The highest BCUT2D eigenvalue weighted by Gasteiger charge is 2.36. The minimum absolute atomic E-state index is 0.270. The van der Waals surface area contributed by atoms with E-state index in [2.05, 4.69) is 0 Å². The Balaban J connectivity index is 2.16. The monoisotopic (exact) mass is 285 g/mol. The van der Waals surface area contributed by atoms with Crippen LogP contribution in [0, 0.1) is 11.3 Å². The van der Waals surface area contributed by atoms with Gasteiger partial charge in [0.15, 0.2) is 0 Å². The number of primary amides is 1.